The van der Waals surface area contributed by atoms with Gasteiger partial charge in [-0.2, -0.15) is 4.31 Å². The Labute approximate surface area is 367 Å². The zero-order valence-corrected chi connectivity index (χ0v) is 36.9. The van der Waals surface area contributed by atoms with E-state index in [2.05, 4.69) is 26.4 Å². The number of rotatable bonds is 16. The van der Waals surface area contributed by atoms with E-state index in [0.717, 1.165) is 5.56 Å². The fourth-order valence-electron chi connectivity index (χ4n) is 6.71. The summed E-state index contributed by atoms with van der Waals surface area (Å²) in [7, 11) is 0.190. The molecule has 0 saturated heterocycles. The average Bonchev–Trinajstić information content (AvgIpc) is 3.34. The number of amidine groups is 1. The van der Waals surface area contributed by atoms with Gasteiger partial charge in [0.15, 0.2) is 5.84 Å². The normalized spacial score (nSPS) is 13.9. The Kier molecular flexibility index (Phi) is 14.6. The fraction of sp³-hybridized carbons (Fsp3) is 0.283. The Morgan fingerprint density at radius 1 is 0.794 bits per heavy atom. The molecule has 5 N–H and O–H groups in total. The molecule has 0 saturated carbocycles. The molecule has 1 aliphatic rings. The molecule has 5 aromatic carbocycles. The lowest BCUT2D eigenvalue weighted by atomic mass is 9.95. The van der Waals surface area contributed by atoms with Gasteiger partial charge in [-0.05, 0) is 98.0 Å². The first-order valence-corrected chi connectivity index (χ1v) is 21.6. The van der Waals surface area contributed by atoms with Crippen LogP contribution in [0.3, 0.4) is 0 Å². The second-order valence-electron chi connectivity index (χ2n) is 15.4. The number of nitrogens with one attached hydrogen (secondary N) is 3. The smallest absolute Gasteiger partial charge is 0.407 e. The minimum absolute atomic E-state index is 0.0153. The maximum absolute atomic E-state index is 15.5. The van der Waals surface area contributed by atoms with Gasteiger partial charge in [0.25, 0.3) is 5.91 Å². The SMILES string of the molecule is COc1ccc(CN(Cc2ccc(OC)cc2)S(=O)(=O)c2cccc(-c3cccc(C(=O)NCCCNC(=O)OC(C)(C)C)c3N)c2C2=N\c3cc(ccc3OC)CN\N=N\2)cc1. The number of anilines is 1. The van der Waals surface area contributed by atoms with Crippen LogP contribution in [0, 0.1) is 0 Å². The van der Waals surface area contributed by atoms with Crippen LogP contribution in [-0.2, 0) is 34.4 Å². The van der Waals surface area contributed by atoms with Gasteiger partial charge in [-0.25, -0.2) is 18.2 Å². The van der Waals surface area contributed by atoms with E-state index in [0.29, 0.717) is 58.2 Å². The number of fused-ring (bicyclic) bond motifs is 2. The molecule has 16 nitrogen and oxygen atoms in total. The molecule has 6 rings (SSSR count). The van der Waals surface area contributed by atoms with Gasteiger partial charge in [0.1, 0.15) is 28.5 Å². The van der Waals surface area contributed by atoms with Gasteiger partial charge in [-0.1, -0.05) is 59.8 Å². The molecule has 330 valence electrons. The van der Waals surface area contributed by atoms with Gasteiger partial charge in [-0.15, -0.1) is 5.11 Å². The molecule has 1 heterocycles. The molecule has 63 heavy (non-hydrogen) atoms. The third-order valence-corrected chi connectivity index (χ3v) is 11.7. The van der Waals surface area contributed by atoms with Crippen molar-refractivity contribution in [3.05, 3.63) is 131 Å². The van der Waals surface area contributed by atoms with E-state index in [-0.39, 0.29) is 53.7 Å². The Morgan fingerprint density at radius 2 is 1.41 bits per heavy atom. The van der Waals surface area contributed by atoms with Crippen molar-refractivity contribution in [1.29, 1.82) is 0 Å². The van der Waals surface area contributed by atoms with E-state index >= 15 is 8.42 Å². The number of carbonyl (C=O) groups excluding carboxylic acids is 2. The molecule has 2 amide bonds. The van der Waals surface area contributed by atoms with Gasteiger partial charge < -0.3 is 35.3 Å². The van der Waals surface area contributed by atoms with Crippen molar-refractivity contribution in [1.82, 2.24) is 20.4 Å². The number of carbonyl (C=O) groups is 2. The standard InChI is InChI=1S/C46H52N8O8S/c1-46(2,3)62-45(56)49-25-9-24-48-44(55)37-12-7-11-36(42(37)47)35-10-8-13-40(41(35)43-51-38-26-32(27-50-53-52-43)18-23-39(38)61-6)63(57,58)54(28-30-14-19-33(59-4)20-15-30)29-31-16-21-34(60-5)22-17-31/h7-8,10-23,26H,9,24-25,27-29,47H2,1-6H3,(H,48,55)(H,49,56)(H,50,51,52). The van der Waals surface area contributed by atoms with Crippen LogP contribution in [0.4, 0.5) is 16.2 Å². The van der Waals surface area contributed by atoms with Crippen LogP contribution in [0.5, 0.6) is 17.2 Å². The maximum Gasteiger partial charge on any atom is 0.407 e. The van der Waals surface area contributed by atoms with Crippen molar-refractivity contribution in [2.24, 2.45) is 15.3 Å². The summed E-state index contributed by atoms with van der Waals surface area (Å²) in [5.74, 6) is 1.15. The molecular formula is C46H52N8O8S. The Bertz CT molecular complexity index is 2540. The van der Waals surface area contributed by atoms with E-state index in [1.54, 1.807) is 102 Å². The van der Waals surface area contributed by atoms with E-state index in [9.17, 15) is 9.59 Å². The number of nitrogen functional groups attached to an aromatic ring is 1. The molecule has 5 aromatic rings. The quantitative estimate of drug-likeness (QED) is 0.0566. The van der Waals surface area contributed by atoms with Crippen LogP contribution in [0.1, 0.15) is 59.8 Å². The van der Waals surface area contributed by atoms with Crippen molar-refractivity contribution in [3.8, 4) is 28.4 Å². The van der Waals surface area contributed by atoms with E-state index < -0.39 is 27.6 Å². The first-order chi connectivity index (χ1) is 30.2. The molecule has 2 bridgehead atoms. The van der Waals surface area contributed by atoms with Gasteiger partial charge in [0.05, 0.1) is 44.0 Å². The number of nitrogens with two attached hydrogens (primary N) is 1. The van der Waals surface area contributed by atoms with Crippen LogP contribution in [0.25, 0.3) is 11.1 Å². The van der Waals surface area contributed by atoms with Crippen molar-refractivity contribution in [2.45, 2.75) is 57.3 Å². The third kappa shape index (κ3) is 11.5. The summed E-state index contributed by atoms with van der Waals surface area (Å²) >= 11 is 0. The number of methoxy groups -OCH3 is 3. The first-order valence-electron chi connectivity index (χ1n) is 20.1. The summed E-state index contributed by atoms with van der Waals surface area (Å²) in [6.07, 6.45) is -0.136. The minimum atomic E-state index is -4.45. The van der Waals surface area contributed by atoms with Crippen molar-refractivity contribution >= 4 is 39.2 Å². The summed E-state index contributed by atoms with van der Waals surface area (Å²) in [5, 5.41) is 14.2. The lowest BCUT2D eigenvalue weighted by molar-refractivity contribution is 0.0527. The highest BCUT2D eigenvalue weighted by Crippen LogP contribution is 2.39. The number of alkyl carbamates (subject to hydrolysis) is 1. The molecule has 0 atom stereocenters. The number of para-hydroxylation sites is 1. The van der Waals surface area contributed by atoms with Crippen molar-refractivity contribution < 1.29 is 37.0 Å². The number of hydrogen-bond donors (Lipinski definition) is 4. The number of sulfonamides is 1. The fourth-order valence-corrected chi connectivity index (χ4v) is 8.33. The molecule has 0 spiro atoms. The molecule has 17 heteroatoms. The molecule has 0 unspecified atom stereocenters. The summed E-state index contributed by atoms with van der Waals surface area (Å²) in [5.41, 5.74) is 12.8. The number of nitrogens with zero attached hydrogens (tertiary/aromatic N) is 4. The van der Waals surface area contributed by atoms with Crippen LogP contribution < -0.4 is 36.0 Å². The first kappa shape index (κ1) is 45.5. The van der Waals surface area contributed by atoms with E-state index in [1.165, 1.54) is 17.5 Å². The van der Waals surface area contributed by atoms with E-state index in [1.807, 2.05) is 30.3 Å². The highest BCUT2D eigenvalue weighted by Gasteiger charge is 2.32. The average molecular weight is 877 g/mol. The number of ether oxygens (including phenoxy) is 4. The van der Waals surface area contributed by atoms with Crippen LogP contribution in [-0.4, -0.2) is 70.6 Å². The third-order valence-electron chi connectivity index (χ3n) is 9.82. The molecule has 0 aromatic heterocycles. The summed E-state index contributed by atoms with van der Waals surface area (Å²) in [4.78, 5) is 30.5. The Morgan fingerprint density at radius 3 is 2.03 bits per heavy atom. The molecule has 0 aliphatic carbocycles. The van der Waals surface area contributed by atoms with Gasteiger partial charge in [0.2, 0.25) is 10.0 Å². The van der Waals surface area contributed by atoms with E-state index in [4.69, 9.17) is 29.7 Å². The maximum atomic E-state index is 15.5. The summed E-state index contributed by atoms with van der Waals surface area (Å²) < 4.78 is 54.0. The number of amides is 2. The lowest BCUT2D eigenvalue weighted by Crippen LogP contribution is -2.34. The second kappa shape index (κ2) is 20.3. The molecule has 0 radical (unpaired) electrons. The highest BCUT2D eigenvalue weighted by atomic mass is 32.2. The predicted octanol–water partition coefficient (Wildman–Crippen LogP) is 7.55. The molecule has 1 aliphatic heterocycles. The molecular weight excluding hydrogens is 825 g/mol. The summed E-state index contributed by atoms with van der Waals surface area (Å²) in [6, 6.07) is 29.5. The van der Waals surface area contributed by atoms with Crippen LogP contribution in [0.15, 0.2) is 123 Å². The zero-order chi connectivity index (χ0) is 45.1. The van der Waals surface area contributed by atoms with Gasteiger partial charge in [-0.3, -0.25) is 10.2 Å². The molecule has 0 fully saturated rings. The monoisotopic (exact) mass is 876 g/mol. The van der Waals surface area contributed by atoms with Crippen molar-refractivity contribution in [2.75, 3.05) is 40.2 Å². The Hall–Kier alpha value is -6.98. The number of aliphatic imine (C=N–C) groups is 1. The Balaban J connectivity index is 1.46. The minimum Gasteiger partial charge on any atom is -0.497 e. The predicted molar refractivity (Wildman–Crippen MR) is 241 cm³/mol. The zero-order valence-electron chi connectivity index (χ0n) is 36.1. The van der Waals surface area contributed by atoms with Gasteiger partial charge in [0, 0.05) is 37.3 Å². The van der Waals surface area contributed by atoms with Crippen LogP contribution in [0.2, 0.25) is 0 Å². The largest absolute Gasteiger partial charge is 0.497 e. The van der Waals surface area contributed by atoms with Crippen LogP contribution >= 0.6 is 0 Å². The van der Waals surface area contributed by atoms with Gasteiger partial charge >= 0.3 is 6.09 Å². The number of hydrogen-bond acceptors (Lipinski definition) is 13. The highest BCUT2D eigenvalue weighted by molar-refractivity contribution is 7.89. The second-order valence-corrected chi connectivity index (χ2v) is 17.3. The number of benzene rings is 5. The van der Waals surface area contributed by atoms with Crippen molar-refractivity contribution in [3.63, 3.8) is 0 Å². The summed E-state index contributed by atoms with van der Waals surface area (Å²) in [6.45, 7) is 6.09. The lowest BCUT2D eigenvalue weighted by Gasteiger charge is -2.25. The topological polar surface area (TPSA) is 208 Å².